The topological polar surface area (TPSA) is 48.9 Å². The normalized spacial score (nSPS) is 15.8. The summed E-state index contributed by atoms with van der Waals surface area (Å²) in [5.74, 6) is 0.652. The van der Waals surface area contributed by atoms with Gasteiger partial charge in [-0.3, -0.25) is 4.90 Å². The first kappa shape index (κ1) is 22.5. The van der Waals surface area contributed by atoms with E-state index in [4.69, 9.17) is 0 Å². The van der Waals surface area contributed by atoms with Crippen molar-refractivity contribution in [3.63, 3.8) is 0 Å². The Labute approximate surface area is 165 Å². The van der Waals surface area contributed by atoms with Crippen molar-refractivity contribution in [2.75, 3.05) is 39.4 Å². The molecule has 0 aliphatic carbocycles. The maximum atomic E-state index is 12.0. The molecule has 0 amide bonds. The smallest absolute Gasteiger partial charge is 0.372 e. The quantitative estimate of drug-likeness (QED) is 0.359. The Bertz CT molecular complexity index is 584. The van der Waals surface area contributed by atoms with Crippen LogP contribution in [0, 0.1) is 0 Å². The fraction of sp³-hybridized carbons (Fsp3) is 0.650. The largest absolute Gasteiger partial charge is 0.411 e. The molecule has 1 fully saturated rings. The highest BCUT2D eigenvalue weighted by molar-refractivity contribution is 5.79. The summed E-state index contributed by atoms with van der Waals surface area (Å²) >= 11 is 0. The Kier molecular flexibility index (Phi) is 9.57. The number of rotatable bonds is 10. The van der Waals surface area contributed by atoms with Gasteiger partial charge >= 0.3 is 6.18 Å². The molecule has 1 aromatic rings. The molecule has 0 spiro atoms. The summed E-state index contributed by atoms with van der Waals surface area (Å²) in [6, 6.07) is 8.51. The van der Waals surface area contributed by atoms with E-state index in [1.54, 1.807) is 0 Å². The lowest BCUT2D eigenvalue weighted by Crippen LogP contribution is -2.38. The summed E-state index contributed by atoms with van der Waals surface area (Å²) in [6.07, 6.45) is -1.21. The molecule has 28 heavy (non-hydrogen) atoms. The second-order valence-electron chi connectivity index (χ2n) is 6.94. The maximum Gasteiger partial charge on any atom is 0.411 e. The Hall–Kier alpha value is -1.80. The summed E-state index contributed by atoms with van der Waals surface area (Å²) in [7, 11) is 0. The predicted molar refractivity (Wildman–Crippen MR) is 105 cm³/mol. The van der Waals surface area contributed by atoms with Gasteiger partial charge in [0.1, 0.15) is 6.61 Å². The molecule has 5 nitrogen and oxygen atoms in total. The van der Waals surface area contributed by atoms with Gasteiger partial charge in [-0.05, 0) is 50.4 Å². The molecule has 2 N–H and O–H groups in total. The van der Waals surface area contributed by atoms with Crippen LogP contribution in [0.25, 0.3) is 0 Å². The zero-order valence-electron chi connectivity index (χ0n) is 16.5. The highest BCUT2D eigenvalue weighted by atomic mass is 19.4. The highest BCUT2D eigenvalue weighted by Crippen LogP contribution is 2.15. The lowest BCUT2D eigenvalue weighted by atomic mass is 10.1. The number of alkyl halides is 3. The average molecular weight is 400 g/mol. The second-order valence-corrected chi connectivity index (χ2v) is 6.94. The van der Waals surface area contributed by atoms with Crippen molar-refractivity contribution in [3.8, 4) is 0 Å². The molecule has 0 aromatic heterocycles. The van der Waals surface area contributed by atoms with Crippen LogP contribution in [0.4, 0.5) is 13.2 Å². The van der Waals surface area contributed by atoms with Crippen molar-refractivity contribution in [1.82, 2.24) is 15.5 Å². The second kappa shape index (κ2) is 11.9. The van der Waals surface area contributed by atoms with Crippen LogP contribution in [0.1, 0.15) is 37.3 Å². The van der Waals surface area contributed by atoms with E-state index in [2.05, 4.69) is 49.5 Å². The third kappa shape index (κ3) is 9.41. The molecule has 0 saturated carbocycles. The summed E-state index contributed by atoms with van der Waals surface area (Å²) in [6.45, 7) is 5.96. The minimum absolute atomic E-state index is 0.0599. The minimum Gasteiger partial charge on any atom is -0.372 e. The van der Waals surface area contributed by atoms with Gasteiger partial charge in [0.05, 0.1) is 6.54 Å². The van der Waals surface area contributed by atoms with Crippen LogP contribution < -0.4 is 10.6 Å². The van der Waals surface area contributed by atoms with Gasteiger partial charge in [0.2, 0.25) is 0 Å². The van der Waals surface area contributed by atoms with Crippen LogP contribution >= 0.6 is 0 Å². The number of hydrogen-bond acceptors (Lipinski definition) is 3. The van der Waals surface area contributed by atoms with Crippen LogP contribution in [-0.4, -0.2) is 56.4 Å². The molecular formula is C20H31F3N4O. The number of ether oxygens (including phenoxy) is 1. The van der Waals surface area contributed by atoms with E-state index in [0.29, 0.717) is 32.0 Å². The number of nitrogens with zero attached hydrogens (tertiary/aromatic N) is 2. The molecule has 0 bridgehead atoms. The van der Waals surface area contributed by atoms with Crippen molar-refractivity contribution in [2.24, 2.45) is 4.99 Å². The average Bonchev–Trinajstić information content (AvgIpc) is 3.16. The summed E-state index contributed by atoms with van der Waals surface area (Å²) in [5, 5.41) is 6.26. The van der Waals surface area contributed by atoms with Crippen LogP contribution in [-0.2, 0) is 17.8 Å². The molecule has 1 aliphatic heterocycles. The van der Waals surface area contributed by atoms with E-state index >= 15 is 0 Å². The standard InChI is InChI=1S/C20H31F3N4O/c1-2-24-19(25-10-5-13-28-16-20(21,22)23)26-14-17-6-8-18(9-7-17)15-27-11-3-4-12-27/h6-9H,2-5,10-16H2,1H3,(H2,24,25,26). The van der Waals surface area contributed by atoms with E-state index < -0.39 is 12.8 Å². The van der Waals surface area contributed by atoms with Gasteiger partial charge in [-0.15, -0.1) is 0 Å². The van der Waals surface area contributed by atoms with Gasteiger partial charge in [-0.1, -0.05) is 24.3 Å². The lowest BCUT2D eigenvalue weighted by molar-refractivity contribution is -0.173. The number of guanidine groups is 1. The number of nitrogens with one attached hydrogen (secondary N) is 2. The van der Waals surface area contributed by atoms with E-state index in [1.807, 2.05) is 6.92 Å². The number of benzene rings is 1. The monoisotopic (exact) mass is 400 g/mol. The number of hydrogen-bond donors (Lipinski definition) is 2. The Balaban J connectivity index is 1.71. The molecule has 8 heteroatoms. The van der Waals surface area contributed by atoms with Gasteiger partial charge in [-0.2, -0.15) is 13.2 Å². The highest BCUT2D eigenvalue weighted by Gasteiger charge is 2.27. The van der Waals surface area contributed by atoms with Gasteiger partial charge in [0.25, 0.3) is 0 Å². The van der Waals surface area contributed by atoms with Crippen molar-refractivity contribution >= 4 is 5.96 Å². The zero-order chi connectivity index (χ0) is 20.2. The van der Waals surface area contributed by atoms with Gasteiger partial charge in [0, 0.05) is 26.2 Å². The van der Waals surface area contributed by atoms with Gasteiger partial charge < -0.3 is 15.4 Å². The molecule has 1 aliphatic rings. The predicted octanol–water partition coefficient (Wildman–Crippen LogP) is 3.31. The first-order valence-electron chi connectivity index (χ1n) is 9.93. The molecule has 0 atom stereocenters. The molecular weight excluding hydrogens is 369 g/mol. The van der Waals surface area contributed by atoms with E-state index in [0.717, 1.165) is 12.1 Å². The Morgan fingerprint density at radius 1 is 1.11 bits per heavy atom. The molecule has 2 rings (SSSR count). The van der Waals surface area contributed by atoms with E-state index in [-0.39, 0.29) is 6.61 Å². The third-order valence-electron chi connectivity index (χ3n) is 4.42. The van der Waals surface area contributed by atoms with Crippen molar-refractivity contribution in [1.29, 1.82) is 0 Å². The number of halogens is 3. The van der Waals surface area contributed by atoms with Crippen molar-refractivity contribution in [3.05, 3.63) is 35.4 Å². The Morgan fingerprint density at radius 2 is 1.79 bits per heavy atom. The third-order valence-corrected chi connectivity index (χ3v) is 4.42. The molecule has 1 saturated heterocycles. The number of likely N-dealkylation sites (tertiary alicyclic amines) is 1. The SMILES string of the molecule is CCNC(=NCc1ccc(CN2CCCC2)cc1)NCCCOCC(F)(F)F. The molecule has 1 heterocycles. The molecule has 158 valence electrons. The summed E-state index contributed by atoms with van der Waals surface area (Å²) < 4.78 is 40.6. The van der Waals surface area contributed by atoms with Crippen molar-refractivity contribution < 1.29 is 17.9 Å². The lowest BCUT2D eigenvalue weighted by Gasteiger charge is -2.14. The van der Waals surface area contributed by atoms with E-state index in [9.17, 15) is 13.2 Å². The molecule has 1 aromatic carbocycles. The fourth-order valence-electron chi connectivity index (χ4n) is 3.03. The van der Waals surface area contributed by atoms with Gasteiger partial charge in [0.15, 0.2) is 5.96 Å². The maximum absolute atomic E-state index is 12.0. The fourth-order valence-corrected chi connectivity index (χ4v) is 3.03. The van der Waals surface area contributed by atoms with Crippen molar-refractivity contribution in [2.45, 2.75) is 45.5 Å². The van der Waals surface area contributed by atoms with Gasteiger partial charge in [-0.25, -0.2) is 4.99 Å². The molecule has 0 unspecified atom stereocenters. The first-order chi connectivity index (χ1) is 13.5. The van der Waals surface area contributed by atoms with E-state index in [1.165, 1.54) is 31.5 Å². The Morgan fingerprint density at radius 3 is 2.43 bits per heavy atom. The minimum atomic E-state index is -4.27. The first-order valence-corrected chi connectivity index (χ1v) is 9.93. The number of aliphatic imine (C=N–C) groups is 1. The van der Waals surface area contributed by atoms with Crippen LogP contribution in [0.2, 0.25) is 0 Å². The summed E-state index contributed by atoms with van der Waals surface area (Å²) in [5.41, 5.74) is 2.44. The van der Waals surface area contributed by atoms with Crippen LogP contribution in [0.15, 0.2) is 29.3 Å². The summed E-state index contributed by atoms with van der Waals surface area (Å²) in [4.78, 5) is 7.01. The zero-order valence-corrected chi connectivity index (χ0v) is 16.5. The molecule has 0 radical (unpaired) electrons. The van der Waals surface area contributed by atoms with Crippen LogP contribution in [0.3, 0.4) is 0 Å². The van der Waals surface area contributed by atoms with Crippen LogP contribution in [0.5, 0.6) is 0 Å².